The van der Waals surface area contributed by atoms with Gasteiger partial charge in [-0.15, -0.1) is 0 Å². The van der Waals surface area contributed by atoms with Crippen molar-refractivity contribution in [2.45, 2.75) is 60.8 Å². The highest BCUT2D eigenvalue weighted by molar-refractivity contribution is 7.91. The van der Waals surface area contributed by atoms with Crippen molar-refractivity contribution >= 4 is 15.8 Å². The lowest BCUT2D eigenvalue weighted by Gasteiger charge is -2.17. The zero-order valence-corrected chi connectivity index (χ0v) is 16.4. The maximum atomic E-state index is 11.9. The molecule has 0 saturated heterocycles. The summed E-state index contributed by atoms with van der Waals surface area (Å²) in [5.41, 5.74) is -0.343. The van der Waals surface area contributed by atoms with Crippen molar-refractivity contribution in [3.8, 4) is 0 Å². The maximum Gasteiger partial charge on any atom is 0.311 e. The van der Waals surface area contributed by atoms with Gasteiger partial charge in [0.25, 0.3) is 0 Å². The van der Waals surface area contributed by atoms with Crippen molar-refractivity contribution < 1.29 is 22.7 Å². The van der Waals surface area contributed by atoms with Gasteiger partial charge >= 0.3 is 5.97 Å². The van der Waals surface area contributed by atoms with Gasteiger partial charge in [0.05, 0.1) is 23.5 Å². The van der Waals surface area contributed by atoms with Gasteiger partial charge in [-0.1, -0.05) is 20.8 Å². The first-order chi connectivity index (χ1) is 10.3. The Morgan fingerprint density at radius 3 is 1.96 bits per heavy atom. The van der Waals surface area contributed by atoms with Gasteiger partial charge in [0, 0.05) is 6.61 Å². The standard InChI is InChI=1S/C17H34O5S/c1-16(2,3)9-7-13-23(19,20)14-8-10-21-11-12-22-15(18)17(4,5)6/h7-14H2,1-6H3. The van der Waals surface area contributed by atoms with Crippen LogP contribution >= 0.6 is 0 Å². The van der Waals surface area contributed by atoms with Crippen LogP contribution in [0.4, 0.5) is 0 Å². The Morgan fingerprint density at radius 2 is 1.43 bits per heavy atom. The molecule has 0 atom stereocenters. The number of sulfone groups is 1. The minimum atomic E-state index is -2.99. The minimum absolute atomic E-state index is 0.152. The van der Waals surface area contributed by atoms with E-state index in [1.54, 1.807) is 20.8 Å². The van der Waals surface area contributed by atoms with E-state index in [9.17, 15) is 13.2 Å². The SMILES string of the molecule is CC(C)(C)CCCS(=O)(=O)CCCOCCOC(=O)C(C)(C)C. The van der Waals surface area contributed by atoms with E-state index >= 15 is 0 Å². The molecule has 0 spiro atoms. The van der Waals surface area contributed by atoms with Gasteiger partial charge in [-0.25, -0.2) is 8.42 Å². The molecule has 0 rings (SSSR count). The van der Waals surface area contributed by atoms with Gasteiger partial charge in [-0.05, 0) is 45.4 Å². The summed E-state index contributed by atoms with van der Waals surface area (Å²) >= 11 is 0. The van der Waals surface area contributed by atoms with Crippen LogP contribution < -0.4 is 0 Å². The van der Waals surface area contributed by atoms with E-state index < -0.39 is 15.3 Å². The van der Waals surface area contributed by atoms with Gasteiger partial charge in [0.15, 0.2) is 0 Å². The molecule has 0 aliphatic carbocycles. The van der Waals surface area contributed by atoms with Crippen molar-refractivity contribution in [1.82, 2.24) is 0 Å². The first-order valence-corrected chi connectivity index (χ1v) is 10.1. The molecule has 0 aromatic carbocycles. The largest absolute Gasteiger partial charge is 0.463 e. The summed E-state index contributed by atoms with van der Waals surface area (Å²) in [6, 6.07) is 0. The number of rotatable bonds is 10. The van der Waals surface area contributed by atoms with Crippen LogP contribution in [0.25, 0.3) is 0 Å². The number of carbonyl (C=O) groups excluding carboxylic acids is 1. The Balaban J connectivity index is 3.69. The molecular weight excluding hydrogens is 316 g/mol. The summed E-state index contributed by atoms with van der Waals surface area (Å²) < 4.78 is 34.1. The number of ether oxygens (including phenoxy) is 2. The number of hydrogen-bond donors (Lipinski definition) is 0. The fraction of sp³-hybridized carbons (Fsp3) is 0.941. The zero-order chi connectivity index (χ0) is 18.1. The Bertz CT molecular complexity index is 441. The third-order valence-corrected chi connectivity index (χ3v) is 5.02. The quantitative estimate of drug-likeness (QED) is 0.447. The molecule has 5 nitrogen and oxygen atoms in total. The highest BCUT2D eigenvalue weighted by atomic mass is 32.2. The maximum absolute atomic E-state index is 11.9. The smallest absolute Gasteiger partial charge is 0.311 e. The lowest BCUT2D eigenvalue weighted by molar-refractivity contribution is -0.154. The molecule has 0 aromatic heterocycles. The van der Waals surface area contributed by atoms with Crippen LogP contribution in [0.5, 0.6) is 0 Å². The van der Waals surface area contributed by atoms with Gasteiger partial charge in [0.2, 0.25) is 0 Å². The third kappa shape index (κ3) is 13.5. The molecule has 0 amide bonds. The summed E-state index contributed by atoms with van der Waals surface area (Å²) in [5.74, 6) is 0.134. The van der Waals surface area contributed by atoms with E-state index in [4.69, 9.17) is 9.47 Å². The molecule has 0 unspecified atom stereocenters. The molecule has 0 saturated carbocycles. The van der Waals surface area contributed by atoms with Gasteiger partial charge < -0.3 is 9.47 Å². The topological polar surface area (TPSA) is 69.7 Å². The van der Waals surface area contributed by atoms with Crippen LogP contribution in [-0.4, -0.2) is 45.7 Å². The molecule has 6 heteroatoms. The summed E-state index contributed by atoms with van der Waals surface area (Å²) in [4.78, 5) is 11.5. The Kier molecular flexibility index (Phi) is 9.36. The molecule has 0 aliphatic rings. The lowest BCUT2D eigenvalue weighted by Crippen LogP contribution is -2.24. The molecule has 0 N–H and O–H groups in total. The van der Waals surface area contributed by atoms with Gasteiger partial charge in [0.1, 0.15) is 16.4 Å². The van der Waals surface area contributed by atoms with Crippen LogP contribution in [0, 0.1) is 10.8 Å². The predicted octanol–water partition coefficient (Wildman–Crippen LogP) is 3.22. The number of esters is 1. The first-order valence-electron chi connectivity index (χ1n) is 8.29. The molecule has 0 aliphatic heterocycles. The fourth-order valence-corrected chi connectivity index (χ4v) is 3.16. The monoisotopic (exact) mass is 350 g/mol. The number of hydrogen-bond acceptors (Lipinski definition) is 5. The molecule has 0 fully saturated rings. The Hall–Kier alpha value is -0.620. The van der Waals surface area contributed by atoms with Crippen LogP contribution in [-0.2, 0) is 24.1 Å². The Morgan fingerprint density at radius 1 is 0.870 bits per heavy atom. The number of carbonyl (C=O) groups is 1. The average Bonchev–Trinajstić information content (AvgIpc) is 2.34. The fourth-order valence-electron chi connectivity index (χ4n) is 1.82. The second kappa shape index (κ2) is 9.62. The lowest BCUT2D eigenvalue weighted by atomic mass is 9.91. The molecule has 138 valence electrons. The molecule has 0 bridgehead atoms. The highest BCUT2D eigenvalue weighted by Gasteiger charge is 2.22. The van der Waals surface area contributed by atoms with Crippen LogP contribution in [0.3, 0.4) is 0 Å². The van der Waals surface area contributed by atoms with Crippen molar-refractivity contribution in [3.05, 3.63) is 0 Å². The summed E-state index contributed by atoms with van der Waals surface area (Å²) in [7, 11) is -2.99. The second-order valence-electron chi connectivity index (χ2n) is 8.17. The van der Waals surface area contributed by atoms with E-state index in [2.05, 4.69) is 20.8 Å². The van der Waals surface area contributed by atoms with E-state index in [-0.39, 0.29) is 29.5 Å². The minimum Gasteiger partial charge on any atom is -0.463 e. The van der Waals surface area contributed by atoms with E-state index in [1.165, 1.54) is 0 Å². The third-order valence-electron chi connectivity index (χ3n) is 3.20. The van der Waals surface area contributed by atoms with E-state index in [0.29, 0.717) is 26.1 Å². The van der Waals surface area contributed by atoms with E-state index in [0.717, 1.165) is 6.42 Å². The predicted molar refractivity (Wildman–Crippen MR) is 93.2 cm³/mol. The van der Waals surface area contributed by atoms with Crippen molar-refractivity contribution in [2.24, 2.45) is 10.8 Å². The molecule has 23 heavy (non-hydrogen) atoms. The van der Waals surface area contributed by atoms with Crippen molar-refractivity contribution in [3.63, 3.8) is 0 Å². The molecule has 0 heterocycles. The Labute approximate surface area is 142 Å². The summed E-state index contributed by atoms with van der Waals surface area (Å²) in [5, 5.41) is 0. The van der Waals surface area contributed by atoms with Crippen molar-refractivity contribution in [2.75, 3.05) is 31.3 Å². The zero-order valence-electron chi connectivity index (χ0n) is 15.6. The molecule has 0 radical (unpaired) electrons. The van der Waals surface area contributed by atoms with Crippen LogP contribution in [0.1, 0.15) is 60.8 Å². The summed E-state index contributed by atoms with van der Waals surface area (Å²) in [6.07, 6.45) is 2.09. The normalized spacial score (nSPS) is 13.1. The van der Waals surface area contributed by atoms with Gasteiger partial charge in [-0.2, -0.15) is 0 Å². The molecular formula is C17H34O5S. The van der Waals surface area contributed by atoms with Crippen molar-refractivity contribution in [1.29, 1.82) is 0 Å². The van der Waals surface area contributed by atoms with Crippen LogP contribution in [0.15, 0.2) is 0 Å². The van der Waals surface area contributed by atoms with Crippen LogP contribution in [0.2, 0.25) is 0 Å². The average molecular weight is 351 g/mol. The first kappa shape index (κ1) is 22.4. The van der Waals surface area contributed by atoms with E-state index in [1.807, 2.05) is 0 Å². The van der Waals surface area contributed by atoms with Gasteiger partial charge in [-0.3, -0.25) is 4.79 Å². The second-order valence-corrected chi connectivity index (χ2v) is 10.5. The molecule has 0 aromatic rings. The highest BCUT2D eigenvalue weighted by Crippen LogP contribution is 2.21. The summed E-state index contributed by atoms with van der Waals surface area (Å²) in [6.45, 7) is 12.6.